The third kappa shape index (κ3) is 4.28. The molecule has 3 aromatic rings. The molecule has 0 spiro atoms. The van der Waals surface area contributed by atoms with E-state index in [4.69, 9.17) is 14.2 Å². The Balaban J connectivity index is 1.23. The number of ether oxygens (including phenoxy) is 3. The number of hydrogen-bond acceptors (Lipinski definition) is 5. The van der Waals surface area contributed by atoms with Gasteiger partial charge in [0.05, 0.1) is 12.6 Å². The first-order chi connectivity index (χ1) is 15.7. The lowest BCUT2D eigenvalue weighted by molar-refractivity contribution is -0.142. The maximum Gasteiger partial charge on any atom is 0.251 e. The standard InChI is InChI=1S/C26H28N2O4/c1-30-25-16-19-4-2-12-27-23(19)17-22(25)18-6-8-20(9-7-18)32-21-10-13-28(14-11-21)26(29)24-5-3-15-31-24/h2,4,6-9,12,16-17,21,24H,3,5,10-11,13-15H2,1H3/t24-/m1/s1. The van der Waals surface area contributed by atoms with E-state index in [1.165, 1.54) is 0 Å². The highest BCUT2D eigenvalue weighted by molar-refractivity contribution is 5.88. The van der Waals surface area contributed by atoms with Crippen LogP contribution in [0.4, 0.5) is 0 Å². The van der Waals surface area contributed by atoms with Crippen molar-refractivity contribution in [3.8, 4) is 22.6 Å². The molecule has 166 valence electrons. The van der Waals surface area contributed by atoms with Gasteiger partial charge in [0.25, 0.3) is 5.91 Å². The Morgan fingerprint density at radius 1 is 1.09 bits per heavy atom. The molecule has 32 heavy (non-hydrogen) atoms. The fourth-order valence-electron chi connectivity index (χ4n) is 4.57. The number of amides is 1. The molecule has 2 saturated heterocycles. The van der Waals surface area contributed by atoms with Gasteiger partial charge in [-0.05, 0) is 48.7 Å². The number of benzene rings is 2. The van der Waals surface area contributed by atoms with Gasteiger partial charge in [0.15, 0.2) is 0 Å². The number of carbonyl (C=O) groups excluding carboxylic acids is 1. The van der Waals surface area contributed by atoms with Gasteiger partial charge in [-0.2, -0.15) is 0 Å². The summed E-state index contributed by atoms with van der Waals surface area (Å²) in [7, 11) is 1.69. The summed E-state index contributed by atoms with van der Waals surface area (Å²) in [6.07, 6.45) is 5.19. The van der Waals surface area contributed by atoms with Crippen molar-refractivity contribution in [1.82, 2.24) is 9.88 Å². The van der Waals surface area contributed by atoms with E-state index in [1.807, 2.05) is 35.2 Å². The van der Waals surface area contributed by atoms with Crippen LogP contribution in [0.25, 0.3) is 22.0 Å². The molecular formula is C26H28N2O4. The molecule has 5 rings (SSSR count). The fraction of sp³-hybridized carbons (Fsp3) is 0.385. The zero-order chi connectivity index (χ0) is 21.9. The topological polar surface area (TPSA) is 60.9 Å². The van der Waals surface area contributed by atoms with Gasteiger partial charge in [0, 0.05) is 49.7 Å². The maximum atomic E-state index is 12.5. The van der Waals surface area contributed by atoms with Crippen molar-refractivity contribution in [2.75, 3.05) is 26.8 Å². The number of piperidine rings is 1. The Labute approximate surface area is 188 Å². The van der Waals surface area contributed by atoms with Crippen LogP contribution in [-0.4, -0.2) is 54.8 Å². The number of fused-ring (bicyclic) bond motifs is 1. The van der Waals surface area contributed by atoms with Gasteiger partial charge in [0.2, 0.25) is 0 Å². The van der Waals surface area contributed by atoms with Crippen LogP contribution in [0.15, 0.2) is 54.7 Å². The molecular weight excluding hydrogens is 404 g/mol. The first kappa shape index (κ1) is 20.8. The first-order valence-electron chi connectivity index (χ1n) is 11.3. The minimum absolute atomic E-state index is 0.119. The molecule has 0 radical (unpaired) electrons. The molecule has 2 fully saturated rings. The number of rotatable bonds is 5. The van der Waals surface area contributed by atoms with Gasteiger partial charge in [-0.1, -0.05) is 18.2 Å². The minimum Gasteiger partial charge on any atom is -0.496 e. The Kier molecular flexibility index (Phi) is 5.95. The Morgan fingerprint density at radius 2 is 1.91 bits per heavy atom. The number of hydrogen-bond donors (Lipinski definition) is 0. The number of carbonyl (C=O) groups is 1. The van der Waals surface area contributed by atoms with Gasteiger partial charge >= 0.3 is 0 Å². The van der Waals surface area contributed by atoms with E-state index in [0.717, 1.165) is 72.3 Å². The fourth-order valence-corrected chi connectivity index (χ4v) is 4.57. The van der Waals surface area contributed by atoms with Gasteiger partial charge in [0.1, 0.15) is 23.7 Å². The lowest BCUT2D eigenvalue weighted by atomic mass is 10.0. The van der Waals surface area contributed by atoms with Crippen LogP contribution in [-0.2, 0) is 9.53 Å². The van der Waals surface area contributed by atoms with Crippen molar-refractivity contribution < 1.29 is 19.0 Å². The number of likely N-dealkylation sites (tertiary alicyclic amines) is 1. The molecule has 3 heterocycles. The second-order valence-corrected chi connectivity index (χ2v) is 8.42. The highest BCUT2D eigenvalue weighted by Crippen LogP contribution is 2.34. The quantitative estimate of drug-likeness (QED) is 0.596. The summed E-state index contributed by atoms with van der Waals surface area (Å²) < 4.78 is 17.4. The monoisotopic (exact) mass is 432 g/mol. The Morgan fingerprint density at radius 3 is 2.62 bits per heavy atom. The van der Waals surface area contributed by atoms with Gasteiger partial charge in [-0.3, -0.25) is 9.78 Å². The van der Waals surface area contributed by atoms with E-state index < -0.39 is 0 Å². The van der Waals surface area contributed by atoms with Crippen LogP contribution in [0.1, 0.15) is 25.7 Å². The predicted octanol–water partition coefficient (Wildman–Crippen LogP) is 4.46. The van der Waals surface area contributed by atoms with E-state index in [0.29, 0.717) is 6.61 Å². The molecule has 0 aliphatic carbocycles. The molecule has 1 aromatic heterocycles. The lowest BCUT2D eigenvalue weighted by Crippen LogP contribution is -2.45. The van der Waals surface area contributed by atoms with Crippen molar-refractivity contribution >= 4 is 16.8 Å². The summed E-state index contributed by atoms with van der Waals surface area (Å²) in [5.74, 6) is 1.81. The third-order valence-corrected chi connectivity index (χ3v) is 6.35. The van der Waals surface area contributed by atoms with E-state index in [9.17, 15) is 4.79 Å². The van der Waals surface area contributed by atoms with Gasteiger partial charge in [-0.25, -0.2) is 0 Å². The van der Waals surface area contributed by atoms with Crippen LogP contribution >= 0.6 is 0 Å². The normalized spacial score (nSPS) is 19.3. The summed E-state index contributed by atoms with van der Waals surface area (Å²) in [5, 5.41) is 1.05. The lowest BCUT2D eigenvalue weighted by Gasteiger charge is -2.33. The smallest absolute Gasteiger partial charge is 0.251 e. The molecule has 0 bridgehead atoms. The molecule has 0 N–H and O–H groups in total. The number of aromatic nitrogens is 1. The van der Waals surface area contributed by atoms with Crippen molar-refractivity contribution in [3.63, 3.8) is 0 Å². The first-order valence-corrected chi connectivity index (χ1v) is 11.3. The van der Waals surface area contributed by atoms with E-state index in [2.05, 4.69) is 23.2 Å². The predicted molar refractivity (Wildman–Crippen MR) is 123 cm³/mol. The molecule has 6 heteroatoms. The average molecular weight is 433 g/mol. The molecule has 0 unspecified atom stereocenters. The van der Waals surface area contributed by atoms with Crippen LogP contribution < -0.4 is 9.47 Å². The van der Waals surface area contributed by atoms with Crippen LogP contribution in [0.3, 0.4) is 0 Å². The van der Waals surface area contributed by atoms with Gasteiger partial charge in [-0.15, -0.1) is 0 Å². The second kappa shape index (κ2) is 9.17. The zero-order valence-electron chi connectivity index (χ0n) is 18.3. The molecule has 1 amide bonds. The molecule has 0 saturated carbocycles. The molecule has 2 aliphatic rings. The maximum absolute atomic E-state index is 12.5. The SMILES string of the molecule is COc1cc2cccnc2cc1-c1ccc(OC2CCN(C(=O)[C@H]3CCCO3)CC2)cc1. The largest absolute Gasteiger partial charge is 0.496 e. The molecule has 2 aromatic carbocycles. The second-order valence-electron chi connectivity index (χ2n) is 8.42. The summed E-state index contributed by atoms with van der Waals surface area (Å²) in [5.41, 5.74) is 3.00. The van der Waals surface area contributed by atoms with Gasteiger partial charge < -0.3 is 19.1 Å². The van der Waals surface area contributed by atoms with Crippen LogP contribution in [0.5, 0.6) is 11.5 Å². The molecule has 2 aliphatic heterocycles. The van der Waals surface area contributed by atoms with Crippen molar-refractivity contribution in [1.29, 1.82) is 0 Å². The van der Waals surface area contributed by atoms with Crippen molar-refractivity contribution in [2.45, 2.75) is 37.9 Å². The number of methoxy groups -OCH3 is 1. The third-order valence-electron chi connectivity index (χ3n) is 6.35. The van der Waals surface area contributed by atoms with Crippen molar-refractivity contribution in [3.05, 3.63) is 54.7 Å². The summed E-state index contributed by atoms with van der Waals surface area (Å²) in [6.45, 7) is 2.15. The van der Waals surface area contributed by atoms with Crippen LogP contribution in [0, 0.1) is 0 Å². The number of nitrogens with zero attached hydrogens (tertiary/aromatic N) is 2. The Hall–Kier alpha value is -3.12. The Bertz CT molecular complexity index is 1080. The average Bonchev–Trinajstić information content (AvgIpc) is 3.39. The zero-order valence-corrected chi connectivity index (χ0v) is 18.3. The van der Waals surface area contributed by atoms with E-state index >= 15 is 0 Å². The van der Waals surface area contributed by atoms with E-state index in [1.54, 1.807) is 13.3 Å². The highest BCUT2D eigenvalue weighted by Gasteiger charge is 2.31. The summed E-state index contributed by atoms with van der Waals surface area (Å²) >= 11 is 0. The minimum atomic E-state index is -0.234. The molecule has 6 nitrogen and oxygen atoms in total. The van der Waals surface area contributed by atoms with E-state index in [-0.39, 0.29) is 18.1 Å². The van der Waals surface area contributed by atoms with Crippen LogP contribution in [0.2, 0.25) is 0 Å². The molecule has 1 atom stereocenters. The summed E-state index contributed by atoms with van der Waals surface area (Å²) in [4.78, 5) is 18.9. The number of pyridine rings is 1. The van der Waals surface area contributed by atoms with Crippen molar-refractivity contribution in [2.24, 2.45) is 0 Å². The highest BCUT2D eigenvalue weighted by atomic mass is 16.5. The summed E-state index contributed by atoms with van der Waals surface area (Å²) in [6, 6.07) is 16.2.